The Morgan fingerprint density at radius 3 is 2.10 bits per heavy atom. The van der Waals surface area contributed by atoms with Gasteiger partial charge in [0.1, 0.15) is 0 Å². The van der Waals surface area contributed by atoms with Gasteiger partial charge in [-0.05, 0) is 36.0 Å². The lowest BCUT2D eigenvalue weighted by molar-refractivity contribution is -0.278. The molecule has 0 aromatic carbocycles. The standard InChI is InChI=1S/C18H36O3/c1-15(13-18(5,6)7)14-20-21-16(19)11-9-8-10-12-17(2,3)4/h15H,8-14H2,1-7H3. The molecule has 0 fully saturated rings. The number of rotatable bonds is 9. The second kappa shape index (κ2) is 9.45. The van der Waals surface area contributed by atoms with Crippen LogP contribution in [0.1, 0.15) is 87.0 Å². The summed E-state index contributed by atoms with van der Waals surface area (Å²) in [6.45, 7) is 15.9. The van der Waals surface area contributed by atoms with Crippen LogP contribution in [0.3, 0.4) is 0 Å². The first-order chi connectivity index (χ1) is 9.49. The van der Waals surface area contributed by atoms with Crippen LogP contribution in [-0.2, 0) is 14.6 Å². The molecule has 1 atom stereocenters. The zero-order valence-corrected chi connectivity index (χ0v) is 15.3. The summed E-state index contributed by atoms with van der Waals surface area (Å²) in [7, 11) is 0. The first-order valence-corrected chi connectivity index (χ1v) is 8.32. The minimum atomic E-state index is -0.242. The van der Waals surface area contributed by atoms with Gasteiger partial charge in [-0.3, -0.25) is 4.89 Å². The summed E-state index contributed by atoms with van der Waals surface area (Å²) in [6.07, 6.45) is 5.83. The molecule has 0 amide bonds. The van der Waals surface area contributed by atoms with E-state index in [2.05, 4.69) is 48.5 Å². The summed E-state index contributed by atoms with van der Waals surface area (Å²) < 4.78 is 0. The molecule has 126 valence electrons. The van der Waals surface area contributed by atoms with Crippen LogP contribution in [0.15, 0.2) is 0 Å². The largest absolute Gasteiger partial charge is 0.342 e. The molecule has 3 nitrogen and oxygen atoms in total. The van der Waals surface area contributed by atoms with E-state index in [0.29, 0.717) is 24.4 Å². The Balaban J connectivity index is 3.55. The van der Waals surface area contributed by atoms with Crippen LogP contribution < -0.4 is 0 Å². The van der Waals surface area contributed by atoms with Gasteiger partial charge in [-0.25, -0.2) is 4.79 Å². The molecular formula is C18H36O3. The van der Waals surface area contributed by atoms with E-state index in [0.717, 1.165) is 19.3 Å². The van der Waals surface area contributed by atoms with E-state index >= 15 is 0 Å². The van der Waals surface area contributed by atoms with Crippen LogP contribution in [0.2, 0.25) is 0 Å². The van der Waals surface area contributed by atoms with Gasteiger partial charge >= 0.3 is 5.97 Å². The van der Waals surface area contributed by atoms with Gasteiger partial charge in [-0.1, -0.05) is 61.3 Å². The predicted molar refractivity (Wildman–Crippen MR) is 87.8 cm³/mol. The molecule has 0 rings (SSSR count). The first kappa shape index (κ1) is 20.4. The maximum Gasteiger partial charge on any atom is 0.342 e. The average Bonchev–Trinajstić information content (AvgIpc) is 2.24. The number of carbonyl (C=O) groups is 1. The van der Waals surface area contributed by atoms with E-state index in [4.69, 9.17) is 9.78 Å². The summed E-state index contributed by atoms with van der Waals surface area (Å²) in [5.74, 6) is 0.151. The Morgan fingerprint density at radius 1 is 0.952 bits per heavy atom. The molecule has 0 aliphatic heterocycles. The van der Waals surface area contributed by atoms with Crippen LogP contribution in [0.4, 0.5) is 0 Å². The van der Waals surface area contributed by atoms with Crippen LogP contribution in [-0.4, -0.2) is 12.6 Å². The third-order valence-corrected chi connectivity index (χ3v) is 3.27. The Bertz CT molecular complexity index is 284. The molecule has 0 aromatic heterocycles. The number of hydrogen-bond donors (Lipinski definition) is 0. The lowest BCUT2D eigenvalue weighted by atomic mass is 9.86. The highest BCUT2D eigenvalue weighted by Crippen LogP contribution is 2.24. The number of unbranched alkanes of at least 4 members (excludes halogenated alkanes) is 2. The SMILES string of the molecule is CC(COOC(=O)CCCCCC(C)(C)C)CC(C)(C)C. The van der Waals surface area contributed by atoms with E-state index in [-0.39, 0.29) is 11.4 Å². The van der Waals surface area contributed by atoms with Crippen molar-refractivity contribution < 1.29 is 14.6 Å². The summed E-state index contributed by atoms with van der Waals surface area (Å²) in [6, 6.07) is 0. The summed E-state index contributed by atoms with van der Waals surface area (Å²) in [5, 5.41) is 0. The van der Waals surface area contributed by atoms with Crippen molar-refractivity contribution in [2.24, 2.45) is 16.7 Å². The molecule has 0 aromatic rings. The van der Waals surface area contributed by atoms with Crippen molar-refractivity contribution in [3.8, 4) is 0 Å². The summed E-state index contributed by atoms with van der Waals surface area (Å²) in [4.78, 5) is 21.4. The predicted octanol–water partition coefficient (Wildman–Crippen LogP) is 5.53. The van der Waals surface area contributed by atoms with Gasteiger partial charge in [0.15, 0.2) is 0 Å². The summed E-state index contributed by atoms with van der Waals surface area (Å²) in [5.41, 5.74) is 0.659. The third kappa shape index (κ3) is 15.6. The first-order valence-electron chi connectivity index (χ1n) is 8.32. The van der Waals surface area contributed by atoms with Crippen LogP contribution in [0.5, 0.6) is 0 Å². The molecule has 0 aliphatic carbocycles. The van der Waals surface area contributed by atoms with Crippen molar-refractivity contribution in [1.29, 1.82) is 0 Å². The van der Waals surface area contributed by atoms with Crippen molar-refractivity contribution in [3.63, 3.8) is 0 Å². The second-order valence-electron chi connectivity index (χ2n) is 8.73. The van der Waals surface area contributed by atoms with Crippen molar-refractivity contribution in [2.45, 2.75) is 87.0 Å². The molecule has 0 N–H and O–H groups in total. The molecule has 0 saturated carbocycles. The van der Waals surface area contributed by atoms with Gasteiger partial charge in [0.05, 0.1) is 6.61 Å². The van der Waals surface area contributed by atoms with Gasteiger partial charge < -0.3 is 0 Å². The quantitative estimate of drug-likeness (QED) is 0.319. The molecule has 0 bridgehead atoms. The molecule has 0 radical (unpaired) electrons. The van der Waals surface area contributed by atoms with Crippen LogP contribution in [0, 0.1) is 16.7 Å². The highest BCUT2D eigenvalue weighted by Gasteiger charge is 2.16. The Labute approximate surface area is 131 Å². The van der Waals surface area contributed by atoms with Gasteiger partial charge in [-0.15, -0.1) is 0 Å². The van der Waals surface area contributed by atoms with E-state index < -0.39 is 0 Å². The number of carbonyl (C=O) groups excluding carboxylic acids is 1. The van der Waals surface area contributed by atoms with Crippen LogP contribution in [0.25, 0.3) is 0 Å². The van der Waals surface area contributed by atoms with Gasteiger partial charge in [0.2, 0.25) is 0 Å². The fourth-order valence-corrected chi connectivity index (χ4v) is 2.46. The number of hydrogen-bond acceptors (Lipinski definition) is 3. The minimum absolute atomic E-state index is 0.242. The smallest absolute Gasteiger partial charge is 0.298 e. The molecule has 1 unspecified atom stereocenters. The lowest BCUT2D eigenvalue weighted by Gasteiger charge is -2.22. The maximum atomic E-state index is 11.5. The second-order valence-corrected chi connectivity index (χ2v) is 8.73. The third-order valence-electron chi connectivity index (χ3n) is 3.27. The Morgan fingerprint density at radius 2 is 1.57 bits per heavy atom. The van der Waals surface area contributed by atoms with E-state index in [1.54, 1.807) is 0 Å². The molecule has 0 spiro atoms. The zero-order valence-electron chi connectivity index (χ0n) is 15.3. The molecule has 0 aliphatic rings. The normalized spacial score (nSPS) is 14.0. The topological polar surface area (TPSA) is 35.5 Å². The Kier molecular flexibility index (Phi) is 9.19. The van der Waals surface area contributed by atoms with Gasteiger partial charge in [0, 0.05) is 6.42 Å². The fourth-order valence-electron chi connectivity index (χ4n) is 2.46. The summed E-state index contributed by atoms with van der Waals surface area (Å²) >= 11 is 0. The van der Waals surface area contributed by atoms with E-state index in [1.165, 1.54) is 12.8 Å². The van der Waals surface area contributed by atoms with Gasteiger partial charge in [-0.2, -0.15) is 4.89 Å². The van der Waals surface area contributed by atoms with Gasteiger partial charge in [0.25, 0.3) is 0 Å². The lowest BCUT2D eigenvalue weighted by Crippen LogP contribution is -2.16. The Hall–Kier alpha value is -0.570. The van der Waals surface area contributed by atoms with Crippen molar-refractivity contribution >= 4 is 5.97 Å². The van der Waals surface area contributed by atoms with Crippen molar-refractivity contribution in [1.82, 2.24) is 0 Å². The van der Waals surface area contributed by atoms with E-state index in [9.17, 15) is 4.79 Å². The molecular weight excluding hydrogens is 264 g/mol. The maximum absolute atomic E-state index is 11.5. The highest BCUT2D eigenvalue weighted by atomic mass is 17.2. The average molecular weight is 300 g/mol. The minimum Gasteiger partial charge on any atom is -0.298 e. The molecule has 0 saturated heterocycles. The van der Waals surface area contributed by atoms with Crippen molar-refractivity contribution in [3.05, 3.63) is 0 Å². The molecule has 3 heteroatoms. The monoisotopic (exact) mass is 300 g/mol. The van der Waals surface area contributed by atoms with Crippen molar-refractivity contribution in [2.75, 3.05) is 6.61 Å². The molecule has 0 heterocycles. The molecule has 21 heavy (non-hydrogen) atoms. The fraction of sp³-hybridized carbons (Fsp3) is 0.944. The zero-order chi connectivity index (χ0) is 16.5. The van der Waals surface area contributed by atoms with E-state index in [1.807, 2.05) is 0 Å². The van der Waals surface area contributed by atoms with Crippen LogP contribution >= 0.6 is 0 Å². The highest BCUT2D eigenvalue weighted by molar-refractivity contribution is 5.68.